The first-order valence-electron chi connectivity index (χ1n) is 5.68. The van der Waals surface area contributed by atoms with Crippen LogP contribution in [-0.2, 0) is 9.59 Å². The van der Waals surface area contributed by atoms with Crippen LogP contribution in [0.15, 0.2) is 24.3 Å². The number of carbonyl (C=O) groups is 2. The largest absolute Gasteiger partial charge is 0.479 e. The van der Waals surface area contributed by atoms with Gasteiger partial charge >= 0.3 is 5.97 Å². The van der Waals surface area contributed by atoms with Crippen LogP contribution in [0, 0.1) is 0 Å². The van der Waals surface area contributed by atoms with Crippen molar-refractivity contribution in [2.45, 2.75) is 31.7 Å². The fourth-order valence-electron chi connectivity index (χ4n) is 2.02. The Kier molecular flexibility index (Phi) is 3.13. The van der Waals surface area contributed by atoms with Crippen molar-refractivity contribution in [1.29, 1.82) is 0 Å². The highest BCUT2D eigenvalue weighted by Gasteiger charge is 2.30. The molecule has 0 spiro atoms. The topological polar surface area (TPSA) is 66.4 Å². The Morgan fingerprint density at radius 1 is 1.35 bits per heavy atom. The zero-order valence-electron chi connectivity index (χ0n) is 9.64. The molecule has 0 aliphatic heterocycles. The van der Waals surface area contributed by atoms with Crippen molar-refractivity contribution in [1.82, 2.24) is 5.32 Å². The van der Waals surface area contributed by atoms with Gasteiger partial charge in [0.15, 0.2) is 6.04 Å². The van der Waals surface area contributed by atoms with Crippen molar-refractivity contribution >= 4 is 11.9 Å². The summed E-state index contributed by atoms with van der Waals surface area (Å²) in [6.45, 7) is 1.33. The molecule has 1 aliphatic rings. The molecule has 0 heterocycles. The molecule has 1 fully saturated rings. The van der Waals surface area contributed by atoms with Crippen molar-refractivity contribution in [2.24, 2.45) is 0 Å². The molecule has 1 aromatic carbocycles. The minimum absolute atomic E-state index is 0.331. The molecule has 0 aromatic heterocycles. The van der Waals surface area contributed by atoms with E-state index in [2.05, 4.69) is 5.32 Å². The summed E-state index contributed by atoms with van der Waals surface area (Å²) in [5, 5.41) is 11.7. The first-order valence-corrected chi connectivity index (χ1v) is 5.68. The van der Waals surface area contributed by atoms with E-state index < -0.39 is 12.0 Å². The van der Waals surface area contributed by atoms with E-state index in [-0.39, 0.29) is 5.91 Å². The normalized spacial score (nSPS) is 16.3. The minimum atomic E-state index is -1.02. The van der Waals surface area contributed by atoms with Gasteiger partial charge in [-0.1, -0.05) is 24.3 Å². The molecule has 1 aliphatic carbocycles. The van der Waals surface area contributed by atoms with Crippen molar-refractivity contribution in [3.63, 3.8) is 0 Å². The summed E-state index contributed by atoms with van der Waals surface area (Å²) in [5.74, 6) is -0.891. The first kappa shape index (κ1) is 11.6. The molecular weight excluding hydrogens is 218 g/mol. The Labute approximate surface area is 99.6 Å². The number of nitrogens with one attached hydrogen (secondary N) is 1. The fourth-order valence-corrected chi connectivity index (χ4v) is 2.02. The van der Waals surface area contributed by atoms with Gasteiger partial charge in [-0.3, -0.25) is 4.79 Å². The van der Waals surface area contributed by atoms with Gasteiger partial charge in [-0.2, -0.15) is 0 Å². The molecule has 0 bridgehead atoms. The van der Waals surface area contributed by atoms with Crippen molar-refractivity contribution in [3.8, 4) is 0 Å². The smallest absolute Gasteiger partial charge is 0.330 e. The predicted molar refractivity (Wildman–Crippen MR) is 62.6 cm³/mol. The van der Waals surface area contributed by atoms with Crippen LogP contribution in [0.25, 0.3) is 0 Å². The highest BCUT2D eigenvalue weighted by molar-refractivity contribution is 5.83. The van der Waals surface area contributed by atoms with Gasteiger partial charge in [-0.05, 0) is 29.9 Å². The Balaban J connectivity index is 2.34. The van der Waals surface area contributed by atoms with E-state index in [1.807, 2.05) is 12.1 Å². The summed E-state index contributed by atoms with van der Waals surface area (Å²) in [7, 11) is 0. The van der Waals surface area contributed by atoms with Crippen molar-refractivity contribution in [2.75, 3.05) is 0 Å². The number of carbonyl (C=O) groups excluding carboxylic acids is 1. The van der Waals surface area contributed by atoms with Crippen LogP contribution in [0.1, 0.15) is 42.9 Å². The van der Waals surface area contributed by atoms with Gasteiger partial charge in [-0.25, -0.2) is 4.79 Å². The zero-order valence-corrected chi connectivity index (χ0v) is 9.64. The highest BCUT2D eigenvalue weighted by Crippen LogP contribution is 2.42. The van der Waals surface area contributed by atoms with Gasteiger partial charge in [0.25, 0.3) is 0 Å². The lowest BCUT2D eigenvalue weighted by molar-refractivity contribution is -0.141. The third-order valence-corrected chi connectivity index (χ3v) is 2.92. The Bertz CT molecular complexity index is 452. The maximum absolute atomic E-state index is 11.2. The third kappa shape index (κ3) is 2.64. The van der Waals surface area contributed by atoms with Gasteiger partial charge in [0, 0.05) is 6.92 Å². The second kappa shape index (κ2) is 4.57. The van der Waals surface area contributed by atoms with E-state index in [1.54, 1.807) is 12.1 Å². The molecule has 0 saturated heterocycles. The van der Waals surface area contributed by atoms with Crippen molar-refractivity contribution in [3.05, 3.63) is 35.4 Å². The molecule has 1 aromatic rings. The summed E-state index contributed by atoms with van der Waals surface area (Å²) >= 11 is 0. The first-order chi connectivity index (χ1) is 8.09. The molecule has 0 radical (unpaired) electrons. The van der Waals surface area contributed by atoms with E-state index in [9.17, 15) is 14.7 Å². The molecule has 1 atom stereocenters. The number of aliphatic carboxylic acids is 1. The van der Waals surface area contributed by atoms with E-state index >= 15 is 0 Å². The van der Waals surface area contributed by atoms with E-state index in [0.717, 1.165) is 18.4 Å². The molecule has 1 unspecified atom stereocenters. The third-order valence-electron chi connectivity index (χ3n) is 2.92. The van der Waals surface area contributed by atoms with Gasteiger partial charge in [0.05, 0.1) is 0 Å². The van der Waals surface area contributed by atoms with E-state index in [0.29, 0.717) is 11.5 Å². The molecule has 90 valence electrons. The number of hydrogen-bond acceptors (Lipinski definition) is 2. The number of benzene rings is 1. The van der Waals surface area contributed by atoms with Crippen LogP contribution in [0.3, 0.4) is 0 Å². The molecule has 2 N–H and O–H groups in total. The Morgan fingerprint density at radius 3 is 2.53 bits per heavy atom. The quantitative estimate of drug-likeness (QED) is 0.833. The van der Waals surface area contributed by atoms with Crippen LogP contribution in [0.4, 0.5) is 0 Å². The van der Waals surface area contributed by atoms with Crippen LogP contribution >= 0.6 is 0 Å². The summed E-state index contributed by atoms with van der Waals surface area (Å²) in [5.41, 5.74) is 1.76. The maximum atomic E-state index is 11.2. The molecule has 1 amide bonds. The number of carboxylic acid groups (broad SMARTS) is 1. The second-order valence-corrected chi connectivity index (χ2v) is 4.37. The zero-order chi connectivity index (χ0) is 12.4. The van der Waals surface area contributed by atoms with Crippen LogP contribution in [0.5, 0.6) is 0 Å². The average molecular weight is 233 g/mol. The molecular formula is C13H15NO3. The monoisotopic (exact) mass is 233 g/mol. The van der Waals surface area contributed by atoms with Crippen LogP contribution in [0.2, 0.25) is 0 Å². The molecule has 17 heavy (non-hydrogen) atoms. The van der Waals surface area contributed by atoms with Crippen LogP contribution in [-0.4, -0.2) is 17.0 Å². The maximum Gasteiger partial charge on any atom is 0.330 e. The predicted octanol–water partition coefficient (Wildman–Crippen LogP) is 1.83. The lowest BCUT2D eigenvalue weighted by Crippen LogP contribution is -2.32. The standard InChI is InChI=1S/C13H15NO3/c1-8(15)14-12(13(16)17)11-5-3-2-4-10(11)9-6-7-9/h2-5,9,12H,6-7H2,1H3,(H,14,15)(H,16,17). The number of carboxylic acids is 1. The number of amides is 1. The summed E-state index contributed by atoms with van der Waals surface area (Å²) in [6.07, 6.45) is 2.20. The molecule has 1 saturated carbocycles. The summed E-state index contributed by atoms with van der Waals surface area (Å²) < 4.78 is 0. The fraction of sp³-hybridized carbons (Fsp3) is 0.385. The molecule has 4 heteroatoms. The number of rotatable bonds is 4. The van der Waals surface area contributed by atoms with E-state index in [4.69, 9.17) is 0 Å². The molecule has 2 rings (SSSR count). The second-order valence-electron chi connectivity index (χ2n) is 4.37. The van der Waals surface area contributed by atoms with Gasteiger partial charge in [0.2, 0.25) is 5.91 Å². The lowest BCUT2D eigenvalue weighted by Gasteiger charge is -2.17. The van der Waals surface area contributed by atoms with Gasteiger partial charge in [0.1, 0.15) is 0 Å². The van der Waals surface area contributed by atoms with Crippen molar-refractivity contribution < 1.29 is 14.7 Å². The summed E-state index contributed by atoms with van der Waals surface area (Å²) in [6, 6.07) is 6.50. The number of hydrogen-bond donors (Lipinski definition) is 2. The Hall–Kier alpha value is -1.84. The van der Waals surface area contributed by atoms with Crippen LogP contribution < -0.4 is 5.32 Å². The van der Waals surface area contributed by atoms with Gasteiger partial charge in [-0.15, -0.1) is 0 Å². The highest BCUT2D eigenvalue weighted by atomic mass is 16.4. The van der Waals surface area contributed by atoms with Gasteiger partial charge < -0.3 is 10.4 Å². The molecule has 4 nitrogen and oxygen atoms in total. The Morgan fingerprint density at radius 2 is 2.00 bits per heavy atom. The SMILES string of the molecule is CC(=O)NC(C(=O)O)c1ccccc1C1CC1. The average Bonchev–Trinajstić information content (AvgIpc) is 3.09. The lowest BCUT2D eigenvalue weighted by atomic mass is 9.97. The van der Waals surface area contributed by atoms with E-state index in [1.165, 1.54) is 6.92 Å². The minimum Gasteiger partial charge on any atom is -0.479 e. The summed E-state index contributed by atoms with van der Waals surface area (Å²) in [4.78, 5) is 22.3.